The summed E-state index contributed by atoms with van der Waals surface area (Å²) < 4.78 is 0. The van der Waals surface area contributed by atoms with E-state index < -0.39 is 0 Å². The molecule has 0 aliphatic carbocycles. The Balaban J connectivity index is 2.24. The number of aliphatic imine (C=N–C) groups is 1. The van der Waals surface area contributed by atoms with Gasteiger partial charge in [-0.15, -0.1) is 0 Å². The minimum Gasteiger partial charge on any atom is -0.342 e. The Kier molecular flexibility index (Phi) is 3.95. The van der Waals surface area contributed by atoms with E-state index in [4.69, 9.17) is 34.8 Å². The maximum absolute atomic E-state index is 6.07. The van der Waals surface area contributed by atoms with Gasteiger partial charge in [0.05, 0.1) is 15.7 Å². The van der Waals surface area contributed by atoms with Crippen molar-refractivity contribution in [1.82, 2.24) is 0 Å². The van der Waals surface area contributed by atoms with Crippen LogP contribution >= 0.6 is 34.8 Å². The number of rotatable bonds is 1. The highest BCUT2D eigenvalue weighted by molar-refractivity contribution is 6.42. The summed E-state index contributed by atoms with van der Waals surface area (Å²) in [6, 6.07) is 3.33. The van der Waals surface area contributed by atoms with Gasteiger partial charge in [-0.05, 0) is 25.0 Å². The Labute approximate surface area is 110 Å². The fourth-order valence-corrected chi connectivity index (χ4v) is 2.52. The van der Waals surface area contributed by atoms with Gasteiger partial charge in [0.1, 0.15) is 5.84 Å². The molecule has 2 nitrogen and oxygen atoms in total. The van der Waals surface area contributed by atoms with Gasteiger partial charge in [0, 0.05) is 18.0 Å². The fraction of sp³-hybridized carbons (Fsp3) is 0.364. The maximum Gasteiger partial charge on any atom is 0.101 e. The van der Waals surface area contributed by atoms with Crippen LogP contribution in [0.2, 0.25) is 15.1 Å². The van der Waals surface area contributed by atoms with E-state index in [0.29, 0.717) is 20.8 Å². The molecule has 0 saturated heterocycles. The van der Waals surface area contributed by atoms with Gasteiger partial charge in [-0.25, -0.2) is 0 Å². The molecule has 2 rings (SSSR count). The molecule has 1 aliphatic rings. The van der Waals surface area contributed by atoms with E-state index in [9.17, 15) is 0 Å². The largest absolute Gasteiger partial charge is 0.342 e. The number of benzene rings is 1. The summed E-state index contributed by atoms with van der Waals surface area (Å²) in [6.45, 7) is 0.866. The fourth-order valence-electron chi connectivity index (χ4n) is 1.61. The number of hydrogen-bond donors (Lipinski definition) is 1. The summed E-state index contributed by atoms with van der Waals surface area (Å²) in [6.07, 6.45) is 3.23. The van der Waals surface area contributed by atoms with E-state index in [2.05, 4.69) is 10.3 Å². The number of amidine groups is 1. The molecule has 0 amide bonds. The molecule has 0 saturated carbocycles. The standard InChI is InChI=1S/C11H11Cl3N2/c12-7-5-8(13)11(9(14)6-7)16-10-3-1-2-4-15-10/h5-6H,1-4H2,(H,15,16). The van der Waals surface area contributed by atoms with Crippen molar-refractivity contribution in [3.63, 3.8) is 0 Å². The Hall–Kier alpha value is -0.440. The van der Waals surface area contributed by atoms with E-state index in [1.807, 2.05) is 0 Å². The number of anilines is 1. The van der Waals surface area contributed by atoms with Crippen molar-refractivity contribution in [1.29, 1.82) is 0 Å². The topological polar surface area (TPSA) is 24.4 Å². The monoisotopic (exact) mass is 276 g/mol. The zero-order valence-corrected chi connectivity index (χ0v) is 10.8. The molecule has 16 heavy (non-hydrogen) atoms. The zero-order chi connectivity index (χ0) is 11.5. The first-order valence-electron chi connectivity index (χ1n) is 5.12. The average Bonchev–Trinajstić information content (AvgIpc) is 2.25. The molecule has 1 aromatic carbocycles. The highest BCUT2D eigenvalue weighted by atomic mass is 35.5. The van der Waals surface area contributed by atoms with Crippen LogP contribution in [0.4, 0.5) is 5.69 Å². The summed E-state index contributed by atoms with van der Waals surface area (Å²) >= 11 is 18.0. The van der Waals surface area contributed by atoms with E-state index in [1.165, 1.54) is 0 Å². The van der Waals surface area contributed by atoms with Crippen LogP contribution in [-0.4, -0.2) is 12.4 Å². The van der Waals surface area contributed by atoms with Crippen LogP contribution in [-0.2, 0) is 0 Å². The van der Waals surface area contributed by atoms with Crippen molar-refractivity contribution >= 4 is 46.3 Å². The molecular weight excluding hydrogens is 266 g/mol. The molecule has 1 aromatic rings. The zero-order valence-electron chi connectivity index (χ0n) is 8.56. The highest BCUT2D eigenvalue weighted by Crippen LogP contribution is 2.34. The van der Waals surface area contributed by atoms with Crippen LogP contribution in [0.5, 0.6) is 0 Å². The van der Waals surface area contributed by atoms with Crippen molar-refractivity contribution in [2.24, 2.45) is 4.99 Å². The molecule has 1 N–H and O–H groups in total. The van der Waals surface area contributed by atoms with Gasteiger partial charge in [-0.3, -0.25) is 4.99 Å². The second-order valence-electron chi connectivity index (χ2n) is 3.65. The van der Waals surface area contributed by atoms with Gasteiger partial charge in [-0.2, -0.15) is 0 Å². The van der Waals surface area contributed by atoms with E-state index >= 15 is 0 Å². The minimum atomic E-state index is 0.519. The van der Waals surface area contributed by atoms with Crippen LogP contribution in [0, 0.1) is 0 Å². The lowest BCUT2D eigenvalue weighted by molar-refractivity contribution is 0.737. The third-order valence-electron chi connectivity index (χ3n) is 2.40. The highest BCUT2D eigenvalue weighted by Gasteiger charge is 2.11. The van der Waals surface area contributed by atoms with Crippen LogP contribution < -0.4 is 5.32 Å². The first-order chi connectivity index (χ1) is 7.66. The van der Waals surface area contributed by atoms with E-state index in [-0.39, 0.29) is 0 Å². The second-order valence-corrected chi connectivity index (χ2v) is 4.91. The van der Waals surface area contributed by atoms with E-state index in [0.717, 1.165) is 31.6 Å². The van der Waals surface area contributed by atoms with Gasteiger partial charge in [0.15, 0.2) is 0 Å². The normalized spacial score (nSPS) is 15.8. The molecule has 1 aliphatic heterocycles. The second kappa shape index (κ2) is 5.26. The lowest BCUT2D eigenvalue weighted by Crippen LogP contribution is -2.16. The molecule has 0 bridgehead atoms. The van der Waals surface area contributed by atoms with Gasteiger partial charge >= 0.3 is 0 Å². The van der Waals surface area contributed by atoms with Gasteiger partial charge < -0.3 is 5.32 Å². The Morgan fingerprint density at radius 1 is 1.06 bits per heavy atom. The number of halogens is 3. The number of nitrogens with zero attached hydrogens (tertiary/aromatic N) is 1. The SMILES string of the molecule is Clc1cc(Cl)c(NC2=NCCCC2)c(Cl)c1. The number of nitrogens with one attached hydrogen (secondary N) is 1. The smallest absolute Gasteiger partial charge is 0.101 e. The minimum absolute atomic E-state index is 0.519. The van der Waals surface area contributed by atoms with Crippen molar-refractivity contribution < 1.29 is 0 Å². The summed E-state index contributed by atoms with van der Waals surface area (Å²) in [4.78, 5) is 4.38. The molecule has 0 fully saturated rings. The van der Waals surface area contributed by atoms with Crippen LogP contribution in [0.1, 0.15) is 19.3 Å². The number of hydrogen-bond acceptors (Lipinski definition) is 2. The lowest BCUT2D eigenvalue weighted by Gasteiger charge is -2.16. The summed E-state index contributed by atoms with van der Waals surface area (Å²) in [5.41, 5.74) is 0.688. The molecule has 5 heteroatoms. The average molecular weight is 278 g/mol. The van der Waals surface area contributed by atoms with Crippen LogP contribution in [0.15, 0.2) is 17.1 Å². The third-order valence-corrected chi connectivity index (χ3v) is 3.21. The first-order valence-corrected chi connectivity index (χ1v) is 6.25. The van der Waals surface area contributed by atoms with Crippen molar-refractivity contribution in [2.45, 2.75) is 19.3 Å². The van der Waals surface area contributed by atoms with Gasteiger partial charge in [0.2, 0.25) is 0 Å². The first kappa shape index (κ1) is 12.0. The molecule has 0 radical (unpaired) electrons. The third kappa shape index (κ3) is 2.82. The predicted octanol–water partition coefficient (Wildman–Crippen LogP) is 4.64. The summed E-state index contributed by atoms with van der Waals surface area (Å²) in [7, 11) is 0. The lowest BCUT2D eigenvalue weighted by atomic mass is 10.2. The quantitative estimate of drug-likeness (QED) is 0.794. The Morgan fingerprint density at radius 2 is 1.75 bits per heavy atom. The summed E-state index contributed by atoms with van der Waals surface area (Å²) in [5.74, 6) is 0.942. The van der Waals surface area contributed by atoms with Crippen LogP contribution in [0.25, 0.3) is 0 Å². The Morgan fingerprint density at radius 3 is 2.31 bits per heavy atom. The molecule has 0 unspecified atom stereocenters. The van der Waals surface area contributed by atoms with Gasteiger partial charge in [0.25, 0.3) is 0 Å². The van der Waals surface area contributed by atoms with Gasteiger partial charge in [-0.1, -0.05) is 34.8 Å². The Bertz CT molecular complexity index is 406. The molecule has 0 aromatic heterocycles. The van der Waals surface area contributed by atoms with Crippen LogP contribution in [0.3, 0.4) is 0 Å². The van der Waals surface area contributed by atoms with Crippen molar-refractivity contribution in [3.8, 4) is 0 Å². The molecule has 86 valence electrons. The van der Waals surface area contributed by atoms with Crippen molar-refractivity contribution in [3.05, 3.63) is 27.2 Å². The summed E-state index contributed by atoms with van der Waals surface area (Å²) in [5, 5.41) is 4.74. The van der Waals surface area contributed by atoms with Crippen molar-refractivity contribution in [2.75, 3.05) is 11.9 Å². The predicted molar refractivity (Wildman–Crippen MR) is 71.2 cm³/mol. The molecule has 0 atom stereocenters. The molecule has 0 spiro atoms. The molecular formula is C11H11Cl3N2. The maximum atomic E-state index is 6.07. The van der Waals surface area contributed by atoms with E-state index in [1.54, 1.807) is 12.1 Å². The molecule has 1 heterocycles.